The van der Waals surface area contributed by atoms with Gasteiger partial charge in [0.1, 0.15) is 5.82 Å². The summed E-state index contributed by atoms with van der Waals surface area (Å²) in [5.41, 5.74) is 3.34. The number of benzene rings is 3. The normalized spacial score (nSPS) is 18.8. The van der Waals surface area contributed by atoms with Crippen molar-refractivity contribution in [3.63, 3.8) is 0 Å². The van der Waals surface area contributed by atoms with E-state index < -0.39 is 0 Å². The molecular weight excluding hydrogens is 451 g/mol. The predicted molar refractivity (Wildman–Crippen MR) is 134 cm³/mol. The molecule has 2 heterocycles. The maximum absolute atomic E-state index is 14.2. The molecule has 174 valence electrons. The zero-order valence-electron chi connectivity index (χ0n) is 18.8. The van der Waals surface area contributed by atoms with Gasteiger partial charge in [-0.25, -0.2) is 9.40 Å². The fraction of sp³-hybridized carbons (Fsp3) is 0.259. The lowest BCUT2D eigenvalue weighted by Crippen LogP contribution is -2.49. The van der Waals surface area contributed by atoms with Gasteiger partial charge in [-0.2, -0.15) is 5.10 Å². The van der Waals surface area contributed by atoms with Crippen LogP contribution in [0, 0.1) is 5.82 Å². The first-order valence-corrected chi connectivity index (χ1v) is 11.9. The van der Waals surface area contributed by atoms with Crippen LogP contribution < -0.4 is 4.90 Å². The first-order valence-electron chi connectivity index (χ1n) is 11.5. The summed E-state index contributed by atoms with van der Waals surface area (Å²) in [4.78, 5) is 17.6. The Hall–Kier alpha value is -3.22. The molecule has 5 rings (SSSR count). The average molecular weight is 477 g/mol. The van der Waals surface area contributed by atoms with Gasteiger partial charge in [0.25, 0.3) is 5.91 Å². The summed E-state index contributed by atoms with van der Waals surface area (Å²) in [5, 5.41) is 7.00. The number of rotatable bonds is 5. The molecule has 1 fully saturated rings. The second kappa shape index (κ2) is 9.95. The minimum Gasteiger partial charge on any atom is -0.367 e. The Labute approximate surface area is 204 Å². The highest BCUT2D eigenvalue weighted by Crippen LogP contribution is 2.34. The number of piperazine rings is 1. The van der Waals surface area contributed by atoms with Crippen LogP contribution in [0.15, 0.2) is 84.0 Å². The smallest absolute Gasteiger partial charge is 0.257 e. The summed E-state index contributed by atoms with van der Waals surface area (Å²) in [6, 6.07) is 24.3. The van der Waals surface area contributed by atoms with E-state index in [4.69, 9.17) is 16.7 Å². The van der Waals surface area contributed by atoms with Crippen LogP contribution >= 0.6 is 11.6 Å². The van der Waals surface area contributed by atoms with Crippen molar-refractivity contribution in [2.75, 3.05) is 37.6 Å². The average Bonchev–Trinajstić information content (AvgIpc) is 3.31. The lowest BCUT2D eigenvalue weighted by Gasteiger charge is -2.36. The SMILES string of the molecule is O=C(CN1CCN(c2ccccc2F)CC1)N1N=C(c2ccccc2Cl)CC1c1ccccc1. The molecule has 3 aromatic carbocycles. The van der Waals surface area contributed by atoms with Crippen molar-refractivity contribution >= 4 is 28.9 Å². The fourth-order valence-electron chi connectivity index (χ4n) is 4.65. The van der Waals surface area contributed by atoms with Crippen LogP contribution in [0.4, 0.5) is 10.1 Å². The maximum atomic E-state index is 14.2. The summed E-state index contributed by atoms with van der Waals surface area (Å²) in [6.45, 7) is 2.98. The number of nitrogens with zero attached hydrogens (tertiary/aromatic N) is 4. The van der Waals surface area contributed by atoms with Gasteiger partial charge in [-0.15, -0.1) is 0 Å². The number of anilines is 1. The second-order valence-electron chi connectivity index (χ2n) is 8.61. The summed E-state index contributed by atoms with van der Waals surface area (Å²) in [7, 11) is 0. The van der Waals surface area contributed by atoms with Crippen LogP contribution in [0.25, 0.3) is 0 Å². The Kier molecular flexibility index (Phi) is 6.61. The zero-order chi connectivity index (χ0) is 23.5. The fourth-order valence-corrected chi connectivity index (χ4v) is 4.90. The van der Waals surface area contributed by atoms with Gasteiger partial charge in [0.05, 0.1) is 24.0 Å². The molecule has 7 heteroatoms. The van der Waals surface area contributed by atoms with Gasteiger partial charge in [0.15, 0.2) is 0 Å². The van der Waals surface area contributed by atoms with Crippen molar-refractivity contribution in [1.82, 2.24) is 9.91 Å². The molecule has 0 aromatic heterocycles. The van der Waals surface area contributed by atoms with Gasteiger partial charge in [0, 0.05) is 43.2 Å². The summed E-state index contributed by atoms with van der Waals surface area (Å²) < 4.78 is 14.2. The molecule has 1 atom stereocenters. The minimum atomic E-state index is -0.212. The number of hydrogen-bond donors (Lipinski definition) is 0. The third kappa shape index (κ3) is 4.69. The monoisotopic (exact) mass is 476 g/mol. The van der Waals surface area contributed by atoms with E-state index in [2.05, 4.69) is 4.90 Å². The third-order valence-electron chi connectivity index (χ3n) is 6.46. The summed E-state index contributed by atoms with van der Waals surface area (Å²) >= 11 is 6.43. The molecule has 0 radical (unpaired) electrons. The second-order valence-corrected chi connectivity index (χ2v) is 9.02. The van der Waals surface area contributed by atoms with E-state index in [1.807, 2.05) is 65.6 Å². The maximum Gasteiger partial charge on any atom is 0.257 e. The highest BCUT2D eigenvalue weighted by Gasteiger charge is 2.34. The largest absolute Gasteiger partial charge is 0.367 e. The van der Waals surface area contributed by atoms with E-state index in [1.165, 1.54) is 6.07 Å². The van der Waals surface area contributed by atoms with Gasteiger partial charge < -0.3 is 4.90 Å². The van der Waals surface area contributed by atoms with Gasteiger partial charge >= 0.3 is 0 Å². The molecule has 3 aromatic rings. The number of hydrogen-bond acceptors (Lipinski definition) is 4. The molecule has 1 saturated heterocycles. The van der Waals surface area contributed by atoms with Crippen molar-refractivity contribution in [3.8, 4) is 0 Å². The van der Waals surface area contributed by atoms with E-state index >= 15 is 0 Å². The Morgan fingerprint density at radius 3 is 2.32 bits per heavy atom. The molecule has 1 unspecified atom stereocenters. The molecule has 0 N–H and O–H groups in total. The number of para-hydroxylation sites is 1. The van der Waals surface area contributed by atoms with Gasteiger partial charge in [0.2, 0.25) is 0 Å². The standard InChI is InChI=1S/C27H26ClFN4O/c28-22-11-5-4-10-21(22)24-18-26(20-8-2-1-3-9-20)33(30-24)27(34)19-31-14-16-32(17-15-31)25-13-7-6-12-23(25)29/h1-13,26H,14-19H2. The molecule has 2 aliphatic heterocycles. The van der Waals surface area contributed by atoms with Crippen LogP contribution in [-0.4, -0.2) is 54.3 Å². The highest BCUT2D eigenvalue weighted by molar-refractivity contribution is 6.34. The van der Waals surface area contributed by atoms with E-state index in [0.29, 0.717) is 43.3 Å². The van der Waals surface area contributed by atoms with Crippen LogP contribution in [0.1, 0.15) is 23.6 Å². The molecule has 34 heavy (non-hydrogen) atoms. The number of amides is 1. The first-order chi connectivity index (χ1) is 16.6. The Morgan fingerprint density at radius 1 is 0.912 bits per heavy atom. The molecule has 0 spiro atoms. The summed E-state index contributed by atoms with van der Waals surface area (Å²) in [5.74, 6) is -0.258. The van der Waals surface area contributed by atoms with E-state index in [9.17, 15) is 9.18 Å². The molecule has 0 aliphatic carbocycles. The molecule has 5 nitrogen and oxygen atoms in total. The van der Waals surface area contributed by atoms with E-state index in [1.54, 1.807) is 17.1 Å². The lowest BCUT2D eigenvalue weighted by molar-refractivity contribution is -0.134. The van der Waals surface area contributed by atoms with Gasteiger partial charge in [-0.3, -0.25) is 9.69 Å². The topological polar surface area (TPSA) is 39.2 Å². The minimum absolute atomic E-state index is 0.0461. The summed E-state index contributed by atoms with van der Waals surface area (Å²) in [6.07, 6.45) is 0.612. The first kappa shape index (κ1) is 22.6. The number of hydrazone groups is 1. The van der Waals surface area contributed by atoms with Crippen LogP contribution in [0.3, 0.4) is 0 Å². The third-order valence-corrected chi connectivity index (χ3v) is 6.79. The molecule has 1 amide bonds. The number of carbonyl (C=O) groups is 1. The van der Waals surface area contributed by atoms with Crippen LogP contribution in [0.2, 0.25) is 5.02 Å². The van der Waals surface area contributed by atoms with E-state index in [0.717, 1.165) is 16.8 Å². The number of carbonyl (C=O) groups excluding carboxylic acids is 1. The van der Waals surface area contributed by atoms with Crippen molar-refractivity contribution in [2.24, 2.45) is 5.10 Å². The quantitative estimate of drug-likeness (QED) is 0.521. The molecule has 0 bridgehead atoms. The van der Waals surface area contributed by atoms with Crippen molar-refractivity contribution in [2.45, 2.75) is 12.5 Å². The zero-order valence-corrected chi connectivity index (χ0v) is 19.5. The van der Waals surface area contributed by atoms with E-state index in [-0.39, 0.29) is 24.3 Å². The van der Waals surface area contributed by atoms with Crippen LogP contribution in [0.5, 0.6) is 0 Å². The Balaban J connectivity index is 1.31. The van der Waals surface area contributed by atoms with Crippen molar-refractivity contribution in [3.05, 3.63) is 101 Å². The van der Waals surface area contributed by atoms with Crippen molar-refractivity contribution in [1.29, 1.82) is 0 Å². The molecule has 0 saturated carbocycles. The number of halogens is 2. The lowest BCUT2D eigenvalue weighted by atomic mass is 9.98. The molecular formula is C27H26ClFN4O. The predicted octanol–water partition coefficient (Wildman–Crippen LogP) is 4.98. The Bertz CT molecular complexity index is 1190. The Morgan fingerprint density at radius 2 is 1.59 bits per heavy atom. The highest BCUT2D eigenvalue weighted by atomic mass is 35.5. The van der Waals surface area contributed by atoms with Gasteiger partial charge in [-0.1, -0.05) is 72.3 Å². The van der Waals surface area contributed by atoms with Gasteiger partial charge in [-0.05, 0) is 23.8 Å². The van der Waals surface area contributed by atoms with Crippen molar-refractivity contribution < 1.29 is 9.18 Å². The van der Waals surface area contributed by atoms with Crippen LogP contribution in [-0.2, 0) is 4.79 Å². The molecule has 2 aliphatic rings.